The van der Waals surface area contributed by atoms with Crippen LogP contribution in [0.15, 0.2) is 34.8 Å². The number of hydrogen-bond acceptors (Lipinski definition) is 4. The summed E-state index contributed by atoms with van der Waals surface area (Å²) in [6.45, 7) is 0. The van der Waals surface area contributed by atoms with E-state index < -0.39 is 0 Å². The maximum atomic E-state index is 5.55. The van der Waals surface area contributed by atoms with E-state index >= 15 is 0 Å². The Balaban J connectivity index is 2.30. The summed E-state index contributed by atoms with van der Waals surface area (Å²) >= 11 is 3.53. The van der Waals surface area contributed by atoms with Crippen LogP contribution in [0.1, 0.15) is 11.1 Å². The van der Waals surface area contributed by atoms with Gasteiger partial charge in [0.2, 0.25) is 5.75 Å². The lowest BCUT2D eigenvalue weighted by atomic mass is 10.0. The second-order valence-corrected chi connectivity index (χ2v) is 5.82. The Bertz CT molecular complexity index is 670. The number of ether oxygens (including phenoxy) is 4. The van der Waals surface area contributed by atoms with E-state index in [1.54, 1.807) is 28.4 Å². The second kappa shape index (κ2) is 8.11. The Morgan fingerprint density at radius 1 is 0.783 bits per heavy atom. The number of benzene rings is 2. The van der Waals surface area contributed by atoms with Gasteiger partial charge in [-0.2, -0.15) is 0 Å². The highest BCUT2D eigenvalue weighted by Crippen LogP contribution is 2.45. The van der Waals surface area contributed by atoms with Gasteiger partial charge in [-0.1, -0.05) is 12.1 Å². The first-order valence-electron chi connectivity index (χ1n) is 7.24. The zero-order valence-electron chi connectivity index (χ0n) is 13.8. The van der Waals surface area contributed by atoms with E-state index in [1.165, 1.54) is 5.56 Å². The first kappa shape index (κ1) is 17.5. The number of aryl methyl sites for hydroxylation is 2. The quantitative estimate of drug-likeness (QED) is 0.718. The van der Waals surface area contributed by atoms with Crippen LogP contribution in [-0.2, 0) is 12.8 Å². The molecule has 0 aliphatic carbocycles. The van der Waals surface area contributed by atoms with Crippen molar-refractivity contribution < 1.29 is 18.9 Å². The van der Waals surface area contributed by atoms with Crippen molar-refractivity contribution in [2.45, 2.75) is 12.8 Å². The molecule has 0 saturated carbocycles. The van der Waals surface area contributed by atoms with E-state index in [0.717, 1.165) is 28.6 Å². The Labute approximate surface area is 145 Å². The lowest BCUT2D eigenvalue weighted by Gasteiger charge is -2.17. The van der Waals surface area contributed by atoms with Crippen LogP contribution in [0, 0.1) is 0 Å². The minimum Gasteiger partial charge on any atom is -0.497 e. The molecule has 0 N–H and O–H groups in total. The topological polar surface area (TPSA) is 36.9 Å². The summed E-state index contributed by atoms with van der Waals surface area (Å²) < 4.78 is 22.5. The van der Waals surface area contributed by atoms with Crippen LogP contribution in [0.25, 0.3) is 0 Å². The molecule has 0 fully saturated rings. The minimum atomic E-state index is 0.602. The first-order chi connectivity index (χ1) is 11.1. The third-order valence-electron chi connectivity index (χ3n) is 3.65. The van der Waals surface area contributed by atoms with Crippen molar-refractivity contribution in [1.82, 2.24) is 0 Å². The number of rotatable bonds is 7. The van der Waals surface area contributed by atoms with Crippen LogP contribution in [-0.4, -0.2) is 28.4 Å². The van der Waals surface area contributed by atoms with Crippen molar-refractivity contribution in [2.75, 3.05) is 28.4 Å². The maximum Gasteiger partial charge on any atom is 0.204 e. The predicted octanol–water partition coefficient (Wildman–Crippen LogP) is 4.27. The molecule has 0 spiro atoms. The fourth-order valence-electron chi connectivity index (χ4n) is 2.53. The van der Waals surface area contributed by atoms with Gasteiger partial charge >= 0.3 is 0 Å². The average Bonchev–Trinajstić information content (AvgIpc) is 2.59. The molecule has 0 radical (unpaired) electrons. The fourth-order valence-corrected chi connectivity index (χ4v) is 3.15. The molecular formula is C18H21BrO4. The predicted molar refractivity (Wildman–Crippen MR) is 94.2 cm³/mol. The highest BCUT2D eigenvalue weighted by molar-refractivity contribution is 9.10. The van der Waals surface area contributed by atoms with Crippen LogP contribution in [0.2, 0.25) is 0 Å². The van der Waals surface area contributed by atoms with Crippen molar-refractivity contribution in [3.63, 3.8) is 0 Å². The van der Waals surface area contributed by atoms with Gasteiger partial charge in [0.05, 0.1) is 32.9 Å². The van der Waals surface area contributed by atoms with E-state index in [0.29, 0.717) is 17.2 Å². The van der Waals surface area contributed by atoms with E-state index in [4.69, 9.17) is 18.9 Å². The fraction of sp³-hybridized carbons (Fsp3) is 0.333. The smallest absolute Gasteiger partial charge is 0.204 e. The Morgan fingerprint density at radius 3 is 2.09 bits per heavy atom. The normalized spacial score (nSPS) is 10.3. The zero-order valence-corrected chi connectivity index (χ0v) is 15.4. The zero-order chi connectivity index (χ0) is 16.8. The molecule has 5 heteroatoms. The van der Waals surface area contributed by atoms with Gasteiger partial charge in [0, 0.05) is 0 Å². The third-order valence-corrected chi connectivity index (χ3v) is 4.24. The standard InChI is InChI=1S/C18H21BrO4/c1-20-14-7-5-6-12(10-14)8-9-13-11-15(19)17(22-3)18(23-4)16(13)21-2/h5-7,10-11H,8-9H2,1-4H3. The summed E-state index contributed by atoms with van der Waals surface area (Å²) in [4.78, 5) is 0. The van der Waals surface area contributed by atoms with Gasteiger partial charge in [0.25, 0.3) is 0 Å². The summed E-state index contributed by atoms with van der Waals surface area (Å²) in [6, 6.07) is 10.1. The summed E-state index contributed by atoms with van der Waals surface area (Å²) in [7, 11) is 6.53. The van der Waals surface area contributed by atoms with Crippen LogP contribution in [0.5, 0.6) is 23.0 Å². The molecule has 0 atom stereocenters. The molecule has 2 rings (SSSR count). The van der Waals surface area contributed by atoms with Gasteiger partial charge in [0.1, 0.15) is 5.75 Å². The molecule has 2 aromatic carbocycles. The van der Waals surface area contributed by atoms with Crippen LogP contribution < -0.4 is 18.9 Å². The Morgan fingerprint density at radius 2 is 1.48 bits per heavy atom. The molecule has 124 valence electrons. The third kappa shape index (κ3) is 3.91. The maximum absolute atomic E-state index is 5.55. The van der Waals surface area contributed by atoms with Crippen molar-refractivity contribution in [3.8, 4) is 23.0 Å². The van der Waals surface area contributed by atoms with Crippen molar-refractivity contribution in [1.29, 1.82) is 0 Å². The van der Waals surface area contributed by atoms with Crippen LogP contribution >= 0.6 is 15.9 Å². The molecule has 0 saturated heterocycles. The minimum absolute atomic E-state index is 0.602. The van der Waals surface area contributed by atoms with E-state index in [-0.39, 0.29) is 0 Å². The molecule has 0 unspecified atom stereocenters. The summed E-state index contributed by atoms with van der Waals surface area (Å²) in [6.07, 6.45) is 1.69. The molecular weight excluding hydrogens is 360 g/mol. The largest absolute Gasteiger partial charge is 0.497 e. The van der Waals surface area contributed by atoms with Gasteiger partial charge in [0.15, 0.2) is 11.5 Å². The lowest BCUT2D eigenvalue weighted by molar-refractivity contribution is 0.321. The summed E-state index contributed by atoms with van der Waals surface area (Å²) in [5.41, 5.74) is 2.26. The summed E-state index contributed by atoms with van der Waals surface area (Å²) in [5.74, 6) is 2.80. The van der Waals surface area contributed by atoms with E-state index in [2.05, 4.69) is 22.0 Å². The number of hydrogen-bond donors (Lipinski definition) is 0. The Kier molecular flexibility index (Phi) is 6.16. The van der Waals surface area contributed by atoms with Gasteiger partial charge in [-0.3, -0.25) is 0 Å². The number of halogens is 1. The molecule has 0 bridgehead atoms. The molecule has 2 aromatic rings. The van der Waals surface area contributed by atoms with Crippen LogP contribution in [0.3, 0.4) is 0 Å². The van der Waals surface area contributed by atoms with Gasteiger partial charge in [-0.15, -0.1) is 0 Å². The first-order valence-corrected chi connectivity index (χ1v) is 8.04. The van der Waals surface area contributed by atoms with Gasteiger partial charge < -0.3 is 18.9 Å². The van der Waals surface area contributed by atoms with Crippen molar-refractivity contribution >= 4 is 15.9 Å². The lowest BCUT2D eigenvalue weighted by Crippen LogP contribution is -2.01. The van der Waals surface area contributed by atoms with Crippen molar-refractivity contribution in [3.05, 3.63) is 45.9 Å². The second-order valence-electron chi connectivity index (χ2n) is 4.97. The average molecular weight is 381 g/mol. The van der Waals surface area contributed by atoms with E-state index in [9.17, 15) is 0 Å². The summed E-state index contributed by atoms with van der Waals surface area (Å²) in [5, 5.41) is 0. The monoisotopic (exact) mass is 380 g/mol. The number of methoxy groups -OCH3 is 4. The molecule has 0 amide bonds. The highest BCUT2D eigenvalue weighted by atomic mass is 79.9. The highest BCUT2D eigenvalue weighted by Gasteiger charge is 2.19. The molecule has 4 nitrogen and oxygen atoms in total. The van der Waals surface area contributed by atoms with Gasteiger partial charge in [-0.25, -0.2) is 0 Å². The Hall–Kier alpha value is -1.88. The molecule has 23 heavy (non-hydrogen) atoms. The molecule has 0 aliphatic heterocycles. The molecule has 0 heterocycles. The SMILES string of the molecule is COc1cccc(CCc2cc(Br)c(OC)c(OC)c2OC)c1. The molecule has 0 aromatic heterocycles. The van der Waals surface area contributed by atoms with Gasteiger partial charge in [-0.05, 0) is 58.1 Å². The van der Waals surface area contributed by atoms with Crippen molar-refractivity contribution in [2.24, 2.45) is 0 Å². The van der Waals surface area contributed by atoms with E-state index in [1.807, 2.05) is 24.3 Å². The van der Waals surface area contributed by atoms with Crippen LogP contribution in [0.4, 0.5) is 0 Å². The molecule has 0 aliphatic rings.